The van der Waals surface area contributed by atoms with Crippen molar-refractivity contribution < 1.29 is 8.42 Å². The second-order valence-electron chi connectivity index (χ2n) is 5.14. The van der Waals surface area contributed by atoms with Gasteiger partial charge in [0.05, 0.1) is 16.3 Å². The van der Waals surface area contributed by atoms with E-state index in [9.17, 15) is 13.2 Å². The summed E-state index contributed by atoms with van der Waals surface area (Å²) in [7, 11) is -3.96. The molecule has 0 radical (unpaired) electrons. The van der Waals surface area contributed by atoms with E-state index in [1.54, 1.807) is 24.3 Å². The number of aromatic nitrogens is 2. The average Bonchev–Trinajstić information content (AvgIpc) is 2.84. The molecule has 0 saturated heterocycles. The summed E-state index contributed by atoms with van der Waals surface area (Å²) in [6, 6.07) is 12.2. The minimum atomic E-state index is -3.96. The molecule has 1 heterocycles. The van der Waals surface area contributed by atoms with Crippen LogP contribution in [0.5, 0.6) is 0 Å². The number of benzene rings is 2. The van der Waals surface area contributed by atoms with Gasteiger partial charge in [-0.25, -0.2) is 13.1 Å². The van der Waals surface area contributed by atoms with E-state index in [1.807, 2.05) is 0 Å². The highest BCUT2D eigenvalue weighted by atomic mass is 35.5. The molecule has 5 nitrogen and oxygen atoms in total. The predicted octanol–water partition coefficient (Wildman–Crippen LogP) is 3.61. The molecular formula is C16H12Cl2N2O3S. The van der Waals surface area contributed by atoms with Crippen molar-refractivity contribution >= 4 is 33.0 Å². The maximum Gasteiger partial charge on any atom is 0.290 e. The lowest BCUT2D eigenvalue weighted by Gasteiger charge is -2.02. The summed E-state index contributed by atoms with van der Waals surface area (Å²) >= 11 is 11.6. The summed E-state index contributed by atoms with van der Waals surface area (Å²) in [5, 5.41) is 3.72. The highest BCUT2D eigenvalue weighted by Crippen LogP contribution is 2.23. The standard InChI is InChI=1S/C16H12Cl2N2O3S/c1-10-15(24(22,23)14-8-4-12(18)5-9-14)16(21)20(19-10)13-6-2-11(17)3-7-13/h2-9,19H,1H3. The lowest BCUT2D eigenvalue weighted by Crippen LogP contribution is -2.20. The van der Waals surface area contributed by atoms with Crippen LogP contribution in [0.2, 0.25) is 10.0 Å². The largest absolute Gasteiger partial charge is 0.294 e. The van der Waals surface area contributed by atoms with Crippen LogP contribution in [0.4, 0.5) is 0 Å². The zero-order chi connectivity index (χ0) is 17.5. The minimum absolute atomic E-state index is 0.00866. The van der Waals surface area contributed by atoms with E-state index in [0.717, 1.165) is 0 Å². The molecule has 0 bridgehead atoms. The quantitative estimate of drug-likeness (QED) is 0.751. The Labute approximate surface area is 148 Å². The third-order valence-corrected chi connectivity index (χ3v) is 5.91. The maximum atomic E-state index is 12.8. The van der Waals surface area contributed by atoms with Crippen molar-refractivity contribution in [3.8, 4) is 5.69 Å². The van der Waals surface area contributed by atoms with Gasteiger partial charge >= 0.3 is 0 Å². The van der Waals surface area contributed by atoms with E-state index in [4.69, 9.17) is 23.2 Å². The molecule has 0 spiro atoms. The minimum Gasteiger partial charge on any atom is -0.294 e. The van der Waals surface area contributed by atoms with E-state index < -0.39 is 15.4 Å². The molecule has 0 atom stereocenters. The fourth-order valence-corrected chi connectivity index (χ4v) is 4.10. The van der Waals surface area contributed by atoms with E-state index >= 15 is 0 Å². The van der Waals surface area contributed by atoms with Crippen LogP contribution in [0.15, 0.2) is 63.1 Å². The van der Waals surface area contributed by atoms with Crippen LogP contribution in [0.3, 0.4) is 0 Å². The molecule has 0 saturated carbocycles. The zero-order valence-corrected chi connectivity index (χ0v) is 14.8. The Hall–Kier alpha value is -2.02. The second-order valence-corrected chi connectivity index (χ2v) is 7.90. The Balaban J connectivity index is 2.17. The van der Waals surface area contributed by atoms with E-state index in [0.29, 0.717) is 15.7 Å². The molecule has 0 fully saturated rings. The number of aromatic amines is 1. The molecule has 2 aromatic carbocycles. The van der Waals surface area contributed by atoms with Gasteiger partial charge in [-0.3, -0.25) is 9.89 Å². The molecule has 0 aliphatic heterocycles. The highest BCUT2D eigenvalue weighted by Gasteiger charge is 2.27. The van der Waals surface area contributed by atoms with Gasteiger partial charge in [-0.05, 0) is 55.5 Å². The third kappa shape index (κ3) is 2.88. The SMILES string of the molecule is Cc1[nH]n(-c2ccc(Cl)cc2)c(=O)c1S(=O)(=O)c1ccc(Cl)cc1. The lowest BCUT2D eigenvalue weighted by atomic mass is 10.3. The number of hydrogen-bond donors (Lipinski definition) is 1. The van der Waals surface area contributed by atoms with Crippen LogP contribution in [0.25, 0.3) is 5.69 Å². The number of rotatable bonds is 3. The summed E-state index contributed by atoms with van der Waals surface area (Å²) in [5.41, 5.74) is 0.0970. The van der Waals surface area contributed by atoms with Crippen LogP contribution in [-0.2, 0) is 9.84 Å². The van der Waals surface area contributed by atoms with E-state index in [1.165, 1.54) is 35.9 Å². The fourth-order valence-electron chi connectivity index (χ4n) is 2.35. The molecule has 3 rings (SSSR count). The van der Waals surface area contributed by atoms with Gasteiger partial charge in [0.25, 0.3) is 5.56 Å². The smallest absolute Gasteiger partial charge is 0.290 e. The summed E-state index contributed by atoms with van der Waals surface area (Å²) in [6.07, 6.45) is 0. The number of nitrogens with zero attached hydrogens (tertiary/aromatic N) is 1. The topological polar surface area (TPSA) is 71.9 Å². The van der Waals surface area contributed by atoms with Gasteiger partial charge in [0.15, 0.2) is 4.90 Å². The maximum absolute atomic E-state index is 12.8. The predicted molar refractivity (Wildman–Crippen MR) is 93.0 cm³/mol. The van der Waals surface area contributed by atoms with Crippen molar-refractivity contribution in [3.63, 3.8) is 0 Å². The zero-order valence-electron chi connectivity index (χ0n) is 12.5. The van der Waals surface area contributed by atoms with Crippen molar-refractivity contribution in [2.45, 2.75) is 16.7 Å². The Morgan fingerprint density at radius 3 is 1.96 bits per heavy atom. The van der Waals surface area contributed by atoms with Crippen LogP contribution < -0.4 is 5.56 Å². The van der Waals surface area contributed by atoms with Crippen LogP contribution in [-0.4, -0.2) is 18.2 Å². The molecular weight excluding hydrogens is 371 g/mol. The second kappa shape index (κ2) is 6.12. The summed E-state index contributed by atoms with van der Waals surface area (Å²) in [6.45, 7) is 1.54. The summed E-state index contributed by atoms with van der Waals surface area (Å²) < 4.78 is 26.8. The number of H-pyrrole nitrogens is 1. The number of halogens is 2. The number of hydrogen-bond acceptors (Lipinski definition) is 3. The normalized spacial score (nSPS) is 11.6. The van der Waals surface area contributed by atoms with Gasteiger partial charge in [-0.2, -0.15) is 0 Å². The molecule has 0 amide bonds. The van der Waals surface area contributed by atoms with E-state index in [2.05, 4.69) is 5.10 Å². The lowest BCUT2D eigenvalue weighted by molar-refractivity contribution is 0.594. The van der Waals surface area contributed by atoms with Crippen LogP contribution in [0, 0.1) is 6.92 Å². The van der Waals surface area contributed by atoms with Crippen molar-refractivity contribution in [2.75, 3.05) is 0 Å². The monoisotopic (exact) mass is 382 g/mol. The van der Waals surface area contributed by atoms with Gasteiger partial charge in [-0.15, -0.1) is 0 Å². The number of nitrogens with one attached hydrogen (secondary N) is 1. The van der Waals surface area contributed by atoms with Crippen LogP contribution in [0.1, 0.15) is 5.69 Å². The molecule has 124 valence electrons. The molecule has 0 unspecified atom stereocenters. The first kappa shape index (κ1) is 16.8. The number of aryl methyl sites for hydroxylation is 1. The average molecular weight is 383 g/mol. The summed E-state index contributed by atoms with van der Waals surface area (Å²) in [4.78, 5) is 12.4. The Morgan fingerprint density at radius 2 is 1.42 bits per heavy atom. The van der Waals surface area contributed by atoms with Gasteiger partial charge < -0.3 is 0 Å². The number of sulfone groups is 1. The first-order valence-corrected chi connectivity index (χ1v) is 9.13. The van der Waals surface area contributed by atoms with Crippen molar-refractivity contribution in [1.29, 1.82) is 0 Å². The first-order valence-electron chi connectivity index (χ1n) is 6.89. The van der Waals surface area contributed by atoms with Crippen LogP contribution >= 0.6 is 23.2 Å². The molecule has 8 heteroatoms. The molecule has 1 N–H and O–H groups in total. The Morgan fingerprint density at radius 1 is 0.917 bits per heavy atom. The summed E-state index contributed by atoms with van der Waals surface area (Å²) in [5.74, 6) is 0. The first-order chi connectivity index (χ1) is 11.3. The van der Waals surface area contributed by atoms with Gasteiger partial charge in [0.1, 0.15) is 0 Å². The third-order valence-electron chi connectivity index (χ3n) is 3.49. The molecule has 0 aliphatic carbocycles. The van der Waals surface area contributed by atoms with Gasteiger partial charge in [0.2, 0.25) is 9.84 Å². The Kier molecular flexibility index (Phi) is 4.29. The Bertz CT molecular complexity index is 1050. The van der Waals surface area contributed by atoms with Crippen molar-refractivity contribution in [1.82, 2.24) is 9.78 Å². The molecule has 1 aromatic heterocycles. The van der Waals surface area contributed by atoms with Gasteiger partial charge in [-0.1, -0.05) is 23.2 Å². The van der Waals surface area contributed by atoms with Crippen molar-refractivity contribution in [2.24, 2.45) is 0 Å². The highest BCUT2D eigenvalue weighted by molar-refractivity contribution is 7.91. The van der Waals surface area contributed by atoms with Crippen molar-refractivity contribution in [3.05, 3.63) is 74.6 Å². The fraction of sp³-hybridized carbons (Fsp3) is 0.0625. The van der Waals surface area contributed by atoms with E-state index in [-0.39, 0.29) is 15.5 Å². The molecule has 3 aromatic rings. The van der Waals surface area contributed by atoms with Gasteiger partial charge in [0, 0.05) is 10.0 Å². The molecule has 24 heavy (non-hydrogen) atoms. The molecule has 0 aliphatic rings.